The third kappa shape index (κ3) is 3.44. The van der Waals surface area contributed by atoms with Gasteiger partial charge in [0.1, 0.15) is 5.82 Å². The molecule has 1 aliphatic rings. The first-order valence-electron chi connectivity index (χ1n) is 7.03. The Balaban J connectivity index is 1.65. The topological polar surface area (TPSA) is 63.9 Å². The zero-order valence-corrected chi connectivity index (χ0v) is 13.0. The highest BCUT2D eigenvalue weighted by Crippen LogP contribution is 2.30. The lowest BCUT2D eigenvalue weighted by Gasteiger charge is -2.22. The lowest BCUT2D eigenvalue weighted by atomic mass is 10.2. The molecule has 1 fully saturated rings. The molecular weight excluding hydrogens is 305 g/mol. The predicted molar refractivity (Wildman–Crippen MR) is 79.5 cm³/mol. The van der Waals surface area contributed by atoms with Gasteiger partial charge in [0.05, 0.1) is 5.75 Å². The highest BCUT2D eigenvalue weighted by atomic mass is 32.2. The third-order valence-corrected chi connectivity index (χ3v) is 4.51. The molecule has 8 heteroatoms. The van der Waals surface area contributed by atoms with Crippen LogP contribution in [0.5, 0.6) is 0 Å². The van der Waals surface area contributed by atoms with Crippen molar-refractivity contribution < 1.29 is 9.18 Å². The van der Waals surface area contributed by atoms with E-state index in [1.807, 2.05) is 0 Å². The van der Waals surface area contributed by atoms with Gasteiger partial charge in [0.2, 0.25) is 11.1 Å². The Bertz CT molecular complexity index is 673. The lowest BCUT2D eigenvalue weighted by Crippen LogP contribution is -2.34. The summed E-state index contributed by atoms with van der Waals surface area (Å²) in [4.78, 5) is 14.2. The number of thioether (sulfide) groups is 1. The van der Waals surface area contributed by atoms with E-state index in [1.54, 1.807) is 30.1 Å². The predicted octanol–water partition coefficient (Wildman–Crippen LogP) is 1.63. The van der Waals surface area contributed by atoms with Crippen molar-refractivity contribution >= 4 is 17.7 Å². The molecule has 1 heterocycles. The molecule has 22 heavy (non-hydrogen) atoms. The van der Waals surface area contributed by atoms with Crippen molar-refractivity contribution in [2.24, 2.45) is 7.05 Å². The molecule has 116 valence electrons. The normalized spacial score (nSPS) is 14.1. The minimum absolute atomic E-state index is 0.0150. The van der Waals surface area contributed by atoms with Crippen LogP contribution < -0.4 is 0 Å². The number of rotatable bonds is 6. The number of carbonyl (C=O) groups excluding carboxylic acids is 1. The third-order valence-electron chi connectivity index (χ3n) is 3.51. The van der Waals surface area contributed by atoms with Crippen LogP contribution in [0.2, 0.25) is 0 Å². The Kier molecular flexibility index (Phi) is 4.37. The van der Waals surface area contributed by atoms with Gasteiger partial charge in [-0.15, -0.1) is 5.10 Å². The van der Waals surface area contributed by atoms with Gasteiger partial charge in [0.15, 0.2) is 0 Å². The Labute approximate surface area is 131 Å². The molecule has 0 aliphatic heterocycles. The van der Waals surface area contributed by atoms with Crippen LogP contribution in [0.3, 0.4) is 0 Å². The van der Waals surface area contributed by atoms with E-state index in [9.17, 15) is 9.18 Å². The van der Waals surface area contributed by atoms with E-state index in [1.165, 1.54) is 22.5 Å². The van der Waals surface area contributed by atoms with Gasteiger partial charge in [-0.25, -0.2) is 9.07 Å². The molecule has 0 radical (unpaired) electrons. The summed E-state index contributed by atoms with van der Waals surface area (Å²) < 4.78 is 15.3. The van der Waals surface area contributed by atoms with E-state index in [-0.39, 0.29) is 23.5 Å². The molecular formula is C14H16FN5OS. The van der Waals surface area contributed by atoms with Crippen molar-refractivity contribution in [2.45, 2.75) is 30.6 Å². The van der Waals surface area contributed by atoms with Crippen LogP contribution in [0.25, 0.3) is 0 Å². The highest BCUT2D eigenvalue weighted by Gasteiger charge is 2.33. The van der Waals surface area contributed by atoms with Crippen molar-refractivity contribution in [1.82, 2.24) is 25.1 Å². The van der Waals surface area contributed by atoms with E-state index in [2.05, 4.69) is 15.5 Å². The molecule has 1 amide bonds. The lowest BCUT2D eigenvalue weighted by molar-refractivity contribution is -0.129. The highest BCUT2D eigenvalue weighted by molar-refractivity contribution is 7.99. The molecule has 6 nitrogen and oxygen atoms in total. The van der Waals surface area contributed by atoms with E-state index >= 15 is 0 Å². The molecule has 2 aromatic rings. The van der Waals surface area contributed by atoms with Crippen LogP contribution in [-0.4, -0.2) is 42.8 Å². The molecule has 1 aromatic carbocycles. The molecule has 1 aliphatic carbocycles. The van der Waals surface area contributed by atoms with Crippen molar-refractivity contribution in [2.75, 3.05) is 5.75 Å². The number of benzene rings is 1. The second-order valence-corrected chi connectivity index (χ2v) is 6.16. The fourth-order valence-corrected chi connectivity index (χ4v) is 2.91. The number of aromatic nitrogens is 4. The van der Waals surface area contributed by atoms with Crippen LogP contribution in [0.15, 0.2) is 29.4 Å². The SMILES string of the molecule is Cn1nnnc1SCC(=O)N(Cc1ccccc1F)C1CC1. The summed E-state index contributed by atoms with van der Waals surface area (Å²) >= 11 is 1.29. The zero-order chi connectivity index (χ0) is 15.5. The Hall–Kier alpha value is -1.96. The van der Waals surface area contributed by atoms with Gasteiger partial charge >= 0.3 is 0 Å². The number of hydrogen-bond donors (Lipinski definition) is 0. The summed E-state index contributed by atoms with van der Waals surface area (Å²) in [6.07, 6.45) is 1.97. The van der Waals surface area contributed by atoms with E-state index in [0.717, 1.165) is 12.8 Å². The summed E-state index contributed by atoms with van der Waals surface area (Å²) in [7, 11) is 1.73. The first-order valence-corrected chi connectivity index (χ1v) is 8.01. The quantitative estimate of drug-likeness (QED) is 0.757. The van der Waals surface area contributed by atoms with Gasteiger partial charge in [0.25, 0.3) is 0 Å². The Morgan fingerprint density at radius 3 is 2.86 bits per heavy atom. The number of hydrogen-bond acceptors (Lipinski definition) is 5. The van der Waals surface area contributed by atoms with Crippen molar-refractivity contribution in [3.63, 3.8) is 0 Å². The van der Waals surface area contributed by atoms with E-state index < -0.39 is 0 Å². The number of carbonyl (C=O) groups is 1. The number of aryl methyl sites for hydroxylation is 1. The van der Waals surface area contributed by atoms with Gasteiger partial charge in [0, 0.05) is 25.2 Å². The molecule has 0 N–H and O–H groups in total. The second kappa shape index (κ2) is 6.43. The molecule has 0 atom stereocenters. The van der Waals surface area contributed by atoms with Crippen molar-refractivity contribution in [1.29, 1.82) is 0 Å². The van der Waals surface area contributed by atoms with Gasteiger partial charge in [-0.05, 0) is 29.3 Å². The first kappa shape index (κ1) is 15.0. The molecule has 0 saturated heterocycles. The monoisotopic (exact) mass is 321 g/mol. The average Bonchev–Trinajstić information content (AvgIpc) is 3.26. The fraction of sp³-hybridized carbons (Fsp3) is 0.429. The van der Waals surface area contributed by atoms with E-state index in [0.29, 0.717) is 17.3 Å². The first-order chi connectivity index (χ1) is 10.6. The number of nitrogens with zero attached hydrogens (tertiary/aromatic N) is 5. The largest absolute Gasteiger partial charge is 0.335 e. The van der Waals surface area contributed by atoms with Gasteiger partial charge < -0.3 is 4.90 Å². The second-order valence-electron chi connectivity index (χ2n) is 5.22. The molecule has 0 bridgehead atoms. The maximum Gasteiger partial charge on any atom is 0.233 e. The standard InChI is InChI=1S/C14H16FN5OS/c1-19-14(16-17-18-19)22-9-13(21)20(11-6-7-11)8-10-4-2-3-5-12(10)15/h2-5,11H,6-9H2,1H3. The Morgan fingerprint density at radius 2 is 2.23 bits per heavy atom. The molecule has 0 unspecified atom stereocenters. The zero-order valence-electron chi connectivity index (χ0n) is 12.1. The van der Waals surface area contributed by atoms with E-state index in [4.69, 9.17) is 0 Å². The fourth-order valence-electron chi connectivity index (χ4n) is 2.17. The number of halogens is 1. The molecule has 3 rings (SSSR count). The van der Waals surface area contributed by atoms with Crippen molar-refractivity contribution in [3.8, 4) is 0 Å². The summed E-state index contributed by atoms with van der Waals surface area (Å²) in [5.74, 6) is -0.0380. The summed E-state index contributed by atoms with van der Waals surface area (Å²) in [6.45, 7) is 0.313. The minimum Gasteiger partial charge on any atom is -0.335 e. The van der Waals surface area contributed by atoms with Gasteiger partial charge in [-0.3, -0.25) is 4.79 Å². The van der Waals surface area contributed by atoms with Crippen molar-refractivity contribution in [3.05, 3.63) is 35.6 Å². The minimum atomic E-state index is -0.272. The Morgan fingerprint density at radius 1 is 1.45 bits per heavy atom. The summed E-state index contributed by atoms with van der Waals surface area (Å²) in [5.41, 5.74) is 0.549. The van der Waals surface area contributed by atoms with Crippen LogP contribution in [0.4, 0.5) is 4.39 Å². The average molecular weight is 321 g/mol. The number of amides is 1. The maximum absolute atomic E-state index is 13.8. The van der Waals surface area contributed by atoms with Crippen LogP contribution in [-0.2, 0) is 18.4 Å². The molecule has 1 aromatic heterocycles. The summed E-state index contributed by atoms with van der Waals surface area (Å²) in [6, 6.07) is 6.81. The van der Waals surface area contributed by atoms with Gasteiger partial charge in [-0.2, -0.15) is 0 Å². The van der Waals surface area contributed by atoms with Crippen LogP contribution in [0, 0.1) is 5.82 Å². The van der Waals surface area contributed by atoms with Crippen LogP contribution in [0.1, 0.15) is 18.4 Å². The van der Waals surface area contributed by atoms with Crippen LogP contribution >= 0.6 is 11.8 Å². The maximum atomic E-state index is 13.8. The smallest absolute Gasteiger partial charge is 0.233 e. The number of tetrazole rings is 1. The summed E-state index contributed by atoms with van der Waals surface area (Å²) in [5, 5.41) is 11.7. The van der Waals surface area contributed by atoms with Gasteiger partial charge in [-0.1, -0.05) is 30.0 Å². The molecule has 1 saturated carbocycles. The molecule has 0 spiro atoms.